The molecule has 0 N–H and O–H groups in total. The molecule has 14 rings (SSSR count). The largest absolute Gasteiger partial charge is 0.454 e. The van der Waals surface area contributed by atoms with Gasteiger partial charge >= 0.3 is 0 Å². The minimum Gasteiger partial charge on any atom is -0.454 e. The Hall–Kier alpha value is -8.94. The third-order valence-electron chi connectivity index (χ3n) is 14.1. The first-order chi connectivity index (χ1) is 34.1. The average molecular weight is 888 g/mol. The Morgan fingerprint density at radius 3 is 1.39 bits per heavy atom. The number of rotatable bonds is 7. The number of furan rings is 2. The maximum Gasteiger partial charge on any atom is 0.256 e. The van der Waals surface area contributed by atoms with E-state index in [0.717, 1.165) is 123 Å². The lowest BCUT2D eigenvalue weighted by Gasteiger charge is -2.40. The topological polar surface area (TPSA) is 45.2 Å². The Kier molecular flexibility index (Phi) is 8.71. The molecule has 0 fully saturated rings. The van der Waals surface area contributed by atoms with Crippen molar-refractivity contribution < 1.29 is 13.6 Å². The van der Waals surface area contributed by atoms with Gasteiger partial charge in [0.15, 0.2) is 16.9 Å². The van der Waals surface area contributed by atoms with Crippen LogP contribution in [0.4, 0.5) is 51.2 Å². The molecule has 0 saturated heterocycles. The first kappa shape index (κ1) is 39.3. The molecule has 2 aromatic heterocycles. The first-order valence-electron chi connectivity index (χ1n) is 23.5. The van der Waals surface area contributed by atoms with Crippen molar-refractivity contribution in [3.05, 3.63) is 230 Å². The van der Waals surface area contributed by atoms with Gasteiger partial charge < -0.3 is 28.3 Å². The van der Waals surface area contributed by atoms with Gasteiger partial charge in [0.2, 0.25) is 0 Å². The van der Waals surface area contributed by atoms with Gasteiger partial charge in [-0.2, -0.15) is 0 Å². The highest BCUT2D eigenvalue weighted by Gasteiger charge is 2.44. The fourth-order valence-corrected chi connectivity index (χ4v) is 11.1. The van der Waals surface area contributed by atoms with Gasteiger partial charge in [-0.05, 0) is 126 Å². The van der Waals surface area contributed by atoms with Crippen molar-refractivity contribution in [2.24, 2.45) is 0 Å². The summed E-state index contributed by atoms with van der Waals surface area (Å²) in [5.41, 5.74) is 18.4. The predicted octanol–water partition coefficient (Wildman–Crippen LogP) is 15.4. The number of para-hydroxylation sites is 5. The molecule has 0 atom stereocenters. The van der Waals surface area contributed by atoms with Crippen molar-refractivity contribution >= 4 is 118 Å². The number of hydrogen-bond donors (Lipinski definition) is 0. The van der Waals surface area contributed by atoms with Crippen LogP contribution < -0.4 is 35.8 Å². The Labute approximate surface area is 399 Å². The van der Waals surface area contributed by atoms with Crippen molar-refractivity contribution in [2.45, 2.75) is 13.8 Å². The molecule has 0 spiro atoms. The lowest BCUT2D eigenvalue weighted by molar-refractivity contribution is 0.481. The van der Waals surface area contributed by atoms with E-state index < -0.39 is 0 Å². The SMILES string of the molecule is Cc1cccc(C)c1N1c2cccc3c2B(c2ccc4c(oc5cc(N(c6ccccc6)c6ccccc6)ccc54)c2O3)c2ccc3c(oc4cc(N(c5ccccc5)c5ccccc5)ccc43)c21. The molecule has 10 aromatic carbocycles. The molecule has 4 heterocycles. The summed E-state index contributed by atoms with van der Waals surface area (Å²) in [4.78, 5) is 6.98. The summed E-state index contributed by atoms with van der Waals surface area (Å²) >= 11 is 0. The van der Waals surface area contributed by atoms with Crippen LogP contribution in [0.1, 0.15) is 11.1 Å². The molecule has 0 aliphatic carbocycles. The maximum absolute atomic E-state index is 7.27. The van der Waals surface area contributed by atoms with Gasteiger partial charge in [0.25, 0.3) is 6.71 Å². The van der Waals surface area contributed by atoms with Crippen molar-refractivity contribution in [3.63, 3.8) is 0 Å². The molecule has 0 saturated carbocycles. The molecular formula is C62H42BN3O3. The van der Waals surface area contributed by atoms with Crippen LogP contribution in [0.5, 0.6) is 11.5 Å². The molecule has 0 bridgehead atoms. The van der Waals surface area contributed by atoms with Crippen molar-refractivity contribution in [1.82, 2.24) is 0 Å². The number of benzene rings is 10. The summed E-state index contributed by atoms with van der Waals surface area (Å²) in [5.74, 6) is 1.56. The number of aryl methyl sites for hydroxylation is 2. The number of fused-ring (bicyclic) bond motifs is 12. The van der Waals surface area contributed by atoms with E-state index >= 15 is 0 Å². The molecule has 69 heavy (non-hydrogen) atoms. The highest BCUT2D eigenvalue weighted by atomic mass is 16.5. The van der Waals surface area contributed by atoms with Gasteiger partial charge in [0.1, 0.15) is 16.9 Å². The minimum absolute atomic E-state index is 0.171. The van der Waals surface area contributed by atoms with E-state index in [1.165, 1.54) is 11.1 Å². The van der Waals surface area contributed by atoms with E-state index in [2.05, 4.69) is 235 Å². The van der Waals surface area contributed by atoms with Gasteiger partial charge in [-0.1, -0.05) is 121 Å². The standard InChI is InChI=1S/C62H42BN3O3/c1-39-17-15-18-40(2)58(39)66-53-27-16-28-54-57(53)63(51-35-33-49-47-31-29-45(37-55(47)68-60(49)59(51)66)64(41-19-7-3-8-20-41)42-21-9-4-10-22-42)52-36-34-50-48-32-30-46(38-56(48)69-61(50)62(52)67-54)65(43-23-11-5-12-24-43)44-25-13-6-14-26-44/h3-38H,1-2H3. The summed E-state index contributed by atoms with van der Waals surface area (Å²) in [6, 6.07) is 77.1. The Bertz CT molecular complexity index is 3880. The van der Waals surface area contributed by atoms with Gasteiger partial charge in [-0.3, -0.25) is 0 Å². The molecule has 0 radical (unpaired) electrons. The molecule has 326 valence electrons. The van der Waals surface area contributed by atoms with E-state index in [1.807, 2.05) is 12.1 Å². The lowest BCUT2D eigenvalue weighted by atomic mass is 9.34. The molecule has 0 amide bonds. The van der Waals surface area contributed by atoms with Crippen LogP contribution in [-0.2, 0) is 0 Å². The molecule has 12 aromatic rings. The van der Waals surface area contributed by atoms with E-state index in [0.29, 0.717) is 0 Å². The average Bonchev–Trinajstić information content (AvgIpc) is 3.96. The van der Waals surface area contributed by atoms with Gasteiger partial charge in [-0.15, -0.1) is 0 Å². The van der Waals surface area contributed by atoms with Gasteiger partial charge in [-0.25, -0.2) is 0 Å². The molecular weight excluding hydrogens is 846 g/mol. The molecule has 6 nitrogen and oxygen atoms in total. The van der Waals surface area contributed by atoms with Crippen LogP contribution in [0, 0.1) is 13.8 Å². The van der Waals surface area contributed by atoms with Crippen LogP contribution in [-0.4, -0.2) is 6.71 Å². The summed E-state index contributed by atoms with van der Waals surface area (Å²) < 4.78 is 21.4. The summed E-state index contributed by atoms with van der Waals surface area (Å²) in [6.07, 6.45) is 0. The number of hydrogen-bond acceptors (Lipinski definition) is 6. The minimum atomic E-state index is -0.171. The summed E-state index contributed by atoms with van der Waals surface area (Å²) in [6.45, 7) is 4.23. The highest BCUT2D eigenvalue weighted by Crippen LogP contribution is 2.49. The molecule has 7 heteroatoms. The second-order valence-corrected chi connectivity index (χ2v) is 18.1. The van der Waals surface area contributed by atoms with Crippen LogP contribution in [0.15, 0.2) is 227 Å². The summed E-state index contributed by atoms with van der Waals surface area (Å²) in [5, 5.41) is 4.17. The smallest absolute Gasteiger partial charge is 0.256 e. The zero-order valence-corrected chi connectivity index (χ0v) is 37.9. The maximum atomic E-state index is 7.27. The summed E-state index contributed by atoms with van der Waals surface area (Å²) in [7, 11) is 0. The zero-order valence-electron chi connectivity index (χ0n) is 37.9. The number of nitrogens with zero attached hydrogens (tertiary/aromatic N) is 3. The third-order valence-corrected chi connectivity index (χ3v) is 14.1. The second kappa shape index (κ2) is 15.3. The molecule has 0 unspecified atom stereocenters. The van der Waals surface area contributed by atoms with Crippen LogP contribution >= 0.6 is 0 Å². The predicted molar refractivity (Wildman–Crippen MR) is 286 cm³/mol. The fraction of sp³-hybridized carbons (Fsp3) is 0.0323. The van der Waals surface area contributed by atoms with Crippen molar-refractivity contribution in [3.8, 4) is 11.5 Å². The van der Waals surface area contributed by atoms with Crippen LogP contribution in [0.25, 0.3) is 43.9 Å². The Morgan fingerprint density at radius 2 is 0.855 bits per heavy atom. The quantitative estimate of drug-likeness (QED) is 0.149. The molecule has 2 aliphatic rings. The van der Waals surface area contributed by atoms with E-state index in [9.17, 15) is 0 Å². The van der Waals surface area contributed by atoms with E-state index in [4.69, 9.17) is 13.6 Å². The first-order valence-corrected chi connectivity index (χ1v) is 23.5. The third kappa shape index (κ3) is 6.00. The molecule has 2 aliphatic heterocycles. The normalized spacial score (nSPS) is 12.6. The Balaban J connectivity index is 0.975. The van der Waals surface area contributed by atoms with Crippen LogP contribution in [0.3, 0.4) is 0 Å². The van der Waals surface area contributed by atoms with Crippen molar-refractivity contribution in [2.75, 3.05) is 14.7 Å². The van der Waals surface area contributed by atoms with Crippen LogP contribution in [0.2, 0.25) is 0 Å². The fourth-order valence-electron chi connectivity index (χ4n) is 11.1. The van der Waals surface area contributed by atoms with E-state index in [1.54, 1.807) is 0 Å². The number of anilines is 9. The zero-order chi connectivity index (χ0) is 45.7. The lowest BCUT2D eigenvalue weighted by Crippen LogP contribution is -2.59. The number of ether oxygens (including phenoxy) is 1. The second-order valence-electron chi connectivity index (χ2n) is 18.1. The van der Waals surface area contributed by atoms with E-state index in [-0.39, 0.29) is 6.71 Å². The monoisotopic (exact) mass is 887 g/mol. The van der Waals surface area contributed by atoms with Crippen molar-refractivity contribution in [1.29, 1.82) is 0 Å². The van der Waals surface area contributed by atoms with Gasteiger partial charge in [0, 0.05) is 73.5 Å². The highest BCUT2D eigenvalue weighted by molar-refractivity contribution is 6.99. The van der Waals surface area contributed by atoms with Gasteiger partial charge in [0.05, 0.1) is 11.4 Å². The Morgan fingerprint density at radius 1 is 0.391 bits per heavy atom.